The van der Waals surface area contributed by atoms with Gasteiger partial charge in [0.2, 0.25) is 0 Å². The number of carbonyl (C=O) groups excluding carboxylic acids is 1. The number of hydrogen-bond acceptors (Lipinski definition) is 4. The van der Waals surface area contributed by atoms with E-state index in [2.05, 4.69) is 15.2 Å². The standard InChI is InChI=1S/C20H23N5O/c1-24(2)19-10-17(16-7-3-4-8-18(16)23-19)20(26)25-9-5-6-14(13-25)15-11-21-22-12-15/h3-4,7-8,10-12,14H,5-6,9,13H2,1-2H3,(H,21,22)/t14-/m1/s1. The van der Waals surface area contributed by atoms with Gasteiger partial charge >= 0.3 is 0 Å². The molecular formula is C20H23N5O. The Hall–Kier alpha value is -2.89. The van der Waals surface area contributed by atoms with Crippen LogP contribution in [0.15, 0.2) is 42.7 Å². The number of benzene rings is 1. The maximum Gasteiger partial charge on any atom is 0.254 e. The van der Waals surface area contributed by atoms with Gasteiger partial charge in [-0.25, -0.2) is 4.98 Å². The Balaban J connectivity index is 1.69. The molecule has 0 aliphatic carbocycles. The highest BCUT2D eigenvalue weighted by atomic mass is 16.2. The Morgan fingerprint density at radius 3 is 2.92 bits per heavy atom. The summed E-state index contributed by atoms with van der Waals surface area (Å²) in [7, 11) is 3.89. The number of nitrogens with zero attached hydrogens (tertiary/aromatic N) is 4. The highest BCUT2D eigenvalue weighted by Crippen LogP contribution is 2.29. The van der Waals surface area contributed by atoms with E-state index >= 15 is 0 Å². The summed E-state index contributed by atoms with van der Waals surface area (Å²) in [5.41, 5.74) is 2.76. The molecule has 1 atom stereocenters. The molecule has 1 aliphatic rings. The summed E-state index contributed by atoms with van der Waals surface area (Å²) in [6, 6.07) is 9.77. The molecule has 26 heavy (non-hydrogen) atoms. The summed E-state index contributed by atoms with van der Waals surface area (Å²) in [6.07, 6.45) is 5.89. The highest BCUT2D eigenvalue weighted by Gasteiger charge is 2.27. The van der Waals surface area contributed by atoms with Crippen LogP contribution in [0.3, 0.4) is 0 Å². The van der Waals surface area contributed by atoms with Gasteiger partial charge in [0.25, 0.3) is 5.91 Å². The number of anilines is 1. The minimum Gasteiger partial charge on any atom is -0.363 e. The number of piperidine rings is 1. The number of hydrogen-bond donors (Lipinski definition) is 1. The largest absolute Gasteiger partial charge is 0.363 e. The molecule has 6 heteroatoms. The van der Waals surface area contributed by atoms with Crippen LogP contribution in [0.1, 0.15) is 34.7 Å². The lowest BCUT2D eigenvalue weighted by Crippen LogP contribution is -2.39. The van der Waals surface area contributed by atoms with Crippen molar-refractivity contribution in [1.29, 1.82) is 0 Å². The topological polar surface area (TPSA) is 65.1 Å². The molecule has 1 aromatic carbocycles. The Bertz CT molecular complexity index is 919. The van der Waals surface area contributed by atoms with Gasteiger partial charge in [-0.1, -0.05) is 18.2 Å². The first-order chi connectivity index (χ1) is 12.6. The van der Waals surface area contributed by atoms with E-state index in [0.717, 1.165) is 48.2 Å². The molecule has 2 aromatic heterocycles. The molecule has 1 fully saturated rings. The minimum absolute atomic E-state index is 0.0832. The third-order valence-corrected chi connectivity index (χ3v) is 5.09. The smallest absolute Gasteiger partial charge is 0.254 e. The van der Waals surface area contributed by atoms with E-state index in [0.29, 0.717) is 5.92 Å². The van der Waals surface area contributed by atoms with E-state index in [1.54, 1.807) is 0 Å². The first-order valence-corrected chi connectivity index (χ1v) is 8.98. The van der Waals surface area contributed by atoms with Crippen molar-refractivity contribution in [1.82, 2.24) is 20.1 Å². The SMILES string of the molecule is CN(C)c1cc(C(=O)N2CCC[C@@H](c3cn[nH]c3)C2)c2ccccc2n1. The van der Waals surface area contributed by atoms with Crippen LogP contribution in [-0.4, -0.2) is 53.2 Å². The average Bonchev–Trinajstić information content (AvgIpc) is 3.21. The van der Waals surface area contributed by atoms with Crippen molar-refractivity contribution in [2.75, 3.05) is 32.1 Å². The summed E-state index contributed by atoms with van der Waals surface area (Å²) in [6.45, 7) is 1.52. The number of H-pyrrole nitrogens is 1. The third kappa shape index (κ3) is 3.03. The van der Waals surface area contributed by atoms with Gasteiger partial charge in [0, 0.05) is 44.7 Å². The fourth-order valence-electron chi connectivity index (χ4n) is 3.66. The summed E-state index contributed by atoms with van der Waals surface area (Å²) in [5.74, 6) is 1.23. The van der Waals surface area contributed by atoms with E-state index < -0.39 is 0 Å². The number of para-hydroxylation sites is 1. The molecule has 3 heterocycles. The molecule has 1 N–H and O–H groups in total. The van der Waals surface area contributed by atoms with Crippen molar-refractivity contribution in [2.45, 2.75) is 18.8 Å². The summed E-state index contributed by atoms with van der Waals surface area (Å²) < 4.78 is 0. The molecule has 1 aliphatic heterocycles. The van der Waals surface area contributed by atoms with Gasteiger partial charge in [0.15, 0.2) is 0 Å². The monoisotopic (exact) mass is 349 g/mol. The predicted molar refractivity (Wildman–Crippen MR) is 103 cm³/mol. The highest BCUT2D eigenvalue weighted by molar-refractivity contribution is 6.07. The quantitative estimate of drug-likeness (QED) is 0.789. The zero-order valence-corrected chi connectivity index (χ0v) is 15.1. The number of aromatic amines is 1. The molecule has 3 aromatic rings. The van der Waals surface area contributed by atoms with E-state index in [4.69, 9.17) is 0 Å². The third-order valence-electron chi connectivity index (χ3n) is 5.09. The van der Waals surface area contributed by atoms with Crippen LogP contribution < -0.4 is 4.90 Å². The minimum atomic E-state index is 0.0832. The second-order valence-electron chi connectivity index (χ2n) is 7.06. The van der Waals surface area contributed by atoms with Gasteiger partial charge in [-0.05, 0) is 30.5 Å². The van der Waals surface area contributed by atoms with Crippen molar-refractivity contribution in [2.24, 2.45) is 0 Å². The van der Waals surface area contributed by atoms with Crippen LogP contribution >= 0.6 is 0 Å². The number of nitrogens with one attached hydrogen (secondary N) is 1. The van der Waals surface area contributed by atoms with Crippen molar-refractivity contribution in [3.05, 3.63) is 53.9 Å². The molecule has 0 radical (unpaired) electrons. The van der Waals surface area contributed by atoms with Gasteiger partial charge < -0.3 is 9.80 Å². The van der Waals surface area contributed by atoms with Crippen LogP contribution in [-0.2, 0) is 0 Å². The Kier molecular flexibility index (Phi) is 4.32. The van der Waals surface area contributed by atoms with E-state index in [1.165, 1.54) is 5.56 Å². The molecule has 6 nitrogen and oxygen atoms in total. The van der Waals surface area contributed by atoms with Crippen molar-refractivity contribution in [3.8, 4) is 0 Å². The first kappa shape index (κ1) is 16.6. The van der Waals surface area contributed by atoms with E-state index in [9.17, 15) is 4.79 Å². The zero-order chi connectivity index (χ0) is 18.1. The second-order valence-corrected chi connectivity index (χ2v) is 7.06. The van der Waals surface area contributed by atoms with Gasteiger partial charge in [-0.15, -0.1) is 0 Å². The molecule has 134 valence electrons. The second kappa shape index (κ2) is 6.78. The molecule has 0 spiro atoms. The number of aromatic nitrogens is 3. The number of carbonyl (C=O) groups is 1. The number of likely N-dealkylation sites (tertiary alicyclic amines) is 1. The molecule has 0 unspecified atom stereocenters. The normalized spacial score (nSPS) is 17.5. The fourth-order valence-corrected chi connectivity index (χ4v) is 3.66. The lowest BCUT2D eigenvalue weighted by molar-refractivity contribution is 0.0709. The molecule has 1 amide bonds. The maximum atomic E-state index is 13.4. The summed E-state index contributed by atoms with van der Waals surface area (Å²) >= 11 is 0. The zero-order valence-electron chi connectivity index (χ0n) is 15.1. The molecular weight excluding hydrogens is 326 g/mol. The van der Waals surface area contributed by atoms with Crippen LogP contribution in [0.25, 0.3) is 10.9 Å². The van der Waals surface area contributed by atoms with Gasteiger partial charge in [0.1, 0.15) is 5.82 Å². The molecule has 4 rings (SSSR count). The van der Waals surface area contributed by atoms with Gasteiger partial charge in [0.05, 0.1) is 17.3 Å². The van der Waals surface area contributed by atoms with E-state index in [1.807, 2.05) is 66.6 Å². The number of fused-ring (bicyclic) bond motifs is 1. The lowest BCUT2D eigenvalue weighted by atomic mass is 9.92. The molecule has 0 saturated carbocycles. The lowest BCUT2D eigenvalue weighted by Gasteiger charge is -2.32. The van der Waals surface area contributed by atoms with Crippen molar-refractivity contribution < 1.29 is 4.79 Å². The van der Waals surface area contributed by atoms with Gasteiger partial charge in [-0.2, -0.15) is 5.10 Å². The number of amides is 1. The van der Waals surface area contributed by atoms with E-state index in [-0.39, 0.29) is 5.91 Å². The average molecular weight is 349 g/mol. The predicted octanol–water partition coefficient (Wildman–Crippen LogP) is 3.04. The Labute approximate surface area is 152 Å². The number of rotatable bonds is 3. The van der Waals surface area contributed by atoms with Crippen LogP contribution in [0.4, 0.5) is 5.82 Å². The molecule has 1 saturated heterocycles. The van der Waals surface area contributed by atoms with Crippen molar-refractivity contribution >= 4 is 22.6 Å². The fraction of sp³-hybridized carbons (Fsp3) is 0.350. The number of pyridine rings is 1. The maximum absolute atomic E-state index is 13.4. The van der Waals surface area contributed by atoms with Crippen LogP contribution in [0.5, 0.6) is 0 Å². The summed E-state index contributed by atoms with van der Waals surface area (Å²) in [4.78, 5) is 21.9. The van der Waals surface area contributed by atoms with Gasteiger partial charge in [-0.3, -0.25) is 9.89 Å². The van der Waals surface area contributed by atoms with Crippen LogP contribution in [0, 0.1) is 0 Å². The van der Waals surface area contributed by atoms with Crippen LogP contribution in [0.2, 0.25) is 0 Å². The molecule has 0 bridgehead atoms. The summed E-state index contributed by atoms with van der Waals surface area (Å²) in [5, 5.41) is 7.85. The Morgan fingerprint density at radius 1 is 1.31 bits per heavy atom. The Morgan fingerprint density at radius 2 is 2.15 bits per heavy atom. The van der Waals surface area contributed by atoms with Crippen molar-refractivity contribution in [3.63, 3.8) is 0 Å². The first-order valence-electron chi connectivity index (χ1n) is 8.98.